The molecular weight excluding hydrogens is 380 g/mol. The van der Waals surface area contributed by atoms with Crippen LogP contribution in [0.3, 0.4) is 0 Å². The molecule has 3 nitrogen and oxygen atoms in total. The SMILES string of the molecule is C(=Cc1ccccc1)CN1CCN(CCOC(c2ccccc2)c2ccccc2)CC1. The minimum atomic E-state index is -0.00758. The van der Waals surface area contributed by atoms with Crippen LogP contribution in [-0.2, 0) is 4.74 Å². The summed E-state index contributed by atoms with van der Waals surface area (Å²) in [6.07, 6.45) is 4.48. The molecule has 0 spiro atoms. The van der Waals surface area contributed by atoms with Gasteiger partial charge in [-0.2, -0.15) is 0 Å². The molecule has 0 bridgehead atoms. The van der Waals surface area contributed by atoms with Crippen LogP contribution >= 0.6 is 0 Å². The van der Waals surface area contributed by atoms with Gasteiger partial charge in [0.1, 0.15) is 6.10 Å². The highest BCUT2D eigenvalue weighted by molar-refractivity contribution is 5.48. The molecule has 3 aromatic rings. The average molecular weight is 413 g/mol. The van der Waals surface area contributed by atoms with Gasteiger partial charge in [0.15, 0.2) is 0 Å². The minimum Gasteiger partial charge on any atom is -0.367 e. The van der Waals surface area contributed by atoms with Crippen molar-refractivity contribution in [3.63, 3.8) is 0 Å². The van der Waals surface area contributed by atoms with Crippen LogP contribution in [0.15, 0.2) is 97.1 Å². The van der Waals surface area contributed by atoms with Crippen molar-refractivity contribution in [2.45, 2.75) is 6.10 Å². The smallest absolute Gasteiger partial charge is 0.108 e. The van der Waals surface area contributed by atoms with E-state index >= 15 is 0 Å². The van der Waals surface area contributed by atoms with Gasteiger partial charge in [-0.3, -0.25) is 9.80 Å². The van der Waals surface area contributed by atoms with Crippen molar-refractivity contribution < 1.29 is 4.74 Å². The molecule has 0 aromatic heterocycles. The molecule has 1 aliphatic heterocycles. The van der Waals surface area contributed by atoms with E-state index in [0.29, 0.717) is 0 Å². The fraction of sp³-hybridized carbons (Fsp3) is 0.286. The van der Waals surface area contributed by atoms with Crippen LogP contribution in [0, 0.1) is 0 Å². The standard InChI is InChI=1S/C28H32N2O/c1-4-11-25(12-5-1)13-10-18-29-19-21-30(22-20-29)23-24-31-28(26-14-6-2-7-15-26)27-16-8-3-9-17-27/h1-17,28H,18-24H2. The van der Waals surface area contributed by atoms with E-state index < -0.39 is 0 Å². The first kappa shape index (κ1) is 21.5. The van der Waals surface area contributed by atoms with Crippen molar-refractivity contribution in [3.8, 4) is 0 Å². The summed E-state index contributed by atoms with van der Waals surface area (Å²) in [4.78, 5) is 5.04. The van der Waals surface area contributed by atoms with Crippen LogP contribution in [0.5, 0.6) is 0 Å². The Morgan fingerprint density at radius 1 is 0.677 bits per heavy atom. The molecule has 3 heteroatoms. The molecule has 0 amide bonds. The molecule has 0 N–H and O–H groups in total. The summed E-state index contributed by atoms with van der Waals surface area (Å²) in [6.45, 7) is 7.16. The van der Waals surface area contributed by atoms with Crippen LogP contribution in [0.25, 0.3) is 6.08 Å². The van der Waals surface area contributed by atoms with Gasteiger partial charge in [-0.05, 0) is 16.7 Å². The maximum atomic E-state index is 6.39. The summed E-state index contributed by atoms with van der Waals surface area (Å²) >= 11 is 0. The van der Waals surface area contributed by atoms with Gasteiger partial charge in [-0.15, -0.1) is 0 Å². The van der Waals surface area contributed by atoms with Gasteiger partial charge in [-0.1, -0.05) is 103 Å². The van der Waals surface area contributed by atoms with E-state index in [1.165, 1.54) is 16.7 Å². The zero-order valence-corrected chi connectivity index (χ0v) is 18.1. The van der Waals surface area contributed by atoms with Gasteiger partial charge in [0.2, 0.25) is 0 Å². The van der Waals surface area contributed by atoms with Crippen molar-refractivity contribution in [1.82, 2.24) is 9.80 Å². The molecule has 160 valence electrons. The van der Waals surface area contributed by atoms with E-state index in [0.717, 1.165) is 45.9 Å². The maximum absolute atomic E-state index is 6.39. The Morgan fingerprint density at radius 3 is 1.77 bits per heavy atom. The monoisotopic (exact) mass is 412 g/mol. The highest BCUT2D eigenvalue weighted by Gasteiger charge is 2.18. The molecule has 0 atom stereocenters. The Morgan fingerprint density at radius 2 is 1.19 bits per heavy atom. The number of hydrogen-bond donors (Lipinski definition) is 0. The molecule has 0 aliphatic carbocycles. The lowest BCUT2D eigenvalue weighted by Crippen LogP contribution is -2.47. The third kappa shape index (κ3) is 6.63. The number of nitrogens with zero attached hydrogens (tertiary/aromatic N) is 2. The minimum absolute atomic E-state index is 0.00758. The average Bonchev–Trinajstić information content (AvgIpc) is 2.85. The first-order chi connectivity index (χ1) is 15.4. The molecule has 31 heavy (non-hydrogen) atoms. The number of benzene rings is 3. The third-order valence-corrected chi connectivity index (χ3v) is 5.84. The van der Waals surface area contributed by atoms with E-state index in [1.54, 1.807) is 0 Å². The van der Waals surface area contributed by atoms with Gasteiger partial charge >= 0.3 is 0 Å². The molecule has 4 rings (SSSR count). The van der Waals surface area contributed by atoms with Crippen molar-refractivity contribution >= 4 is 6.08 Å². The number of piperazine rings is 1. The summed E-state index contributed by atoms with van der Waals surface area (Å²) in [5.41, 5.74) is 3.69. The Balaban J connectivity index is 1.22. The maximum Gasteiger partial charge on any atom is 0.108 e. The van der Waals surface area contributed by atoms with Gasteiger partial charge in [-0.25, -0.2) is 0 Å². The first-order valence-corrected chi connectivity index (χ1v) is 11.3. The molecule has 0 unspecified atom stereocenters. The molecule has 0 radical (unpaired) electrons. The summed E-state index contributed by atoms with van der Waals surface area (Å²) in [6, 6.07) is 31.6. The topological polar surface area (TPSA) is 15.7 Å². The second-order valence-electron chi connectivity index (χ2n) is 8.03. The zero-order chi connectivity index (χ0) is 21.1. The van der Waals surface area contributed by atoms with E-state index in [4.69, 9.17) is 4.74 Å². The van der Waals surface area contributed by atoms with Gasteiger partial charge in [0.25, 0.3) is 0 Å². The second-order valence-corrected chi connectivity index (χ2v) is 8.03. The molecule has 1 heterocycles. The molecular formula is C28H32N2O. The largest absolute Gasteiger partial charge is 0.367 e. The molecule has 1 aliphatic rings. The summed E-state index contributed by atoms with van der Waals surface area (Å²) < 4.78 is 6.39. The quantitative estimate of drug-likeness (QED) is 0.485. The van der Waals surface area contributed by atoms with E-state index in [2.05, 4.69) is 113 Å². The highest BCUT2D eigenvalue weighted by atomic mass is 16.5. The predicted octanol–water partition coefficient (Wildman–Crippen LogP) is 5.12. The number of hydrogen-bond acceptors (Lipinski definition) is 3. The Hall–Kier alpha value is -2.72. The molecule has 1 saturated heterocycles. The fourth-order valence-corrected chi connectivity index (χ4v) is 4.04. The fourth-order valence-electron chi connectivity index (χ4n) is 4.04. The Kier molecular flexibility index (Phi) is 8.06. The Labute approximate surface area is 186 Å². The highest BCUT2D eigenvalue weighted by Crippen LogP contribution is 2.25. The molecule has 1 fully saturated rings. The number of rotatable bonds is 9. The second kappa shape index (κ2) is 11.6. The number of ether oxygens (including phenoxy) is 1. The van der Waals surface area contributed by atoms with Gasteiger partial charge < -0.3 is 4.74 Å². The molecule has 0 saturated carbocycles. The van der Waals surface area contributed by atoms with E-state index in [-0.39, 0.29) is 6.10 Å². The summed E-state index contributed by atoms with van der Waals surface area (Å²) in [5, 5.41) is 0. The summed E-state index contributed by atoms with van der Waals surface area (Å²) in [7, 11) is 0. The van der Waals surface area contributed by atoms with Crippen LogP contribution in [-0.4, -0.2) is 55.7 Å². The predicted molar refractivity (Wildman–Crippen MR) is 129 cm³/mol. The normalized spacial score (nSPS) is 15.6. The van der Waals surface area contributed by atoms with Gasteiger partial charge in [0, 0.05) is 39.3 Å². The third-order valence-electron chi connectivity index (χ3n) is 5.84. The lowest BCUT2D eigenvalue weighted by molar-refractivity contribution is 0.0468. The van der Waals surface area contributed by atoms with Crippen molar-refractivity contribution in [2.24, 2.45) is 0 Å². The first-order valence-electron chi connectivity index (χ1n) is 11.3. The van der Waals surface area contributed by atoms with Crippen LogP contribution in [0.4, 0.5) is 0 Å². The van der Waals surface area contributed by atoms with Gasteiger partial charge in [0.05, 0.1) is 6.61 Å². The molecule has 3 aromatic carbocycles. The summed E-state index contributed by atoms with van der Waals surface area (Å²) in [5.74, 6) is 0. The zero-order valence-electron chi connectivity index (χ0n) is 18.1. The Bertz CT molecular complexity index is 864. The lowest BCUT2D eigenvalue weighted by atomic mass is 10.0. The van der Waals surface area contributed by atoms with Crippen LogP contribution in [0.2, 0.25) is 0 Å². The van der Waals surface area contributed by atoms with Crippen LogP contribution < -0.4 is 0 Å². The van der Waals surface area contributed by atoms with Crippen molar-refractivity contribution in [1.29, 1.82) is 0 Å². The van der Waals surface area contributed by atoms with E-state index in [9.17, 15) is 0 Å². The van der Waals surface area contributed by atoms with E-state index in [1.807, 2.05) is 0 Å². The van der Waals surface area contributed by atoms with Crippen LogP contribution in [0.1, 0.15) is 22.8 Å². The lowest BCUT2D eigenvalue weighted by Gasteiger charge is -2.34. The van der Waals surface area contributed by atoms with Crippen molar-refractivity contribution in [3.05, 3.63) is 114 Å². The van der Waals surface area contributed by atoms with Crippen molar-refractivity contribution in [2.75, 3.05) is 45.9 Å².